The van der Waals surface area contributed by atoms with E-state index in [0.717, 1.165) is 58.0 Å². The standard InChI is InChI=1S/C23H35NO4/c1-13-10-24-11-15-4-3-14-5-6-18-17(20(26)28-2)9-22(23(14,18)27)19(24)16(13)7-8-21(15,22)12-25/h13-19,25,27H,3-12H2,1-2H3. The van der Waals surface area contributed by atoms with E-state index in [1.54, 1.807) is 0 Å². The topological polar surface area (TPSA) is 70.0 Å². The Morgan fingerprint density at radius 1 is 1.14 bits per heavy atom. The summed E-state index contributed by atoms with van der Waals surface area (Å²) in [6.45, 7) is 4.73. The first-order chi connectivity index (χ1) is 13.4. The van der Waals surface area contributed by atoms with Crippen molar-refractivity contribution in [2.45, 2.75) is 63.5 Å². The summed E-state index contributed by atoms with van der Waals surface area (Å²) in [4.78, 5) is 15.6. The van der Waals surface area contributed by atoms with E-state index in [2.05, 4.69) is 11.8 Å². The van der Waals surface area contributed by atoms with Gasteiger partial charge in [0.05, 0.1) is 18.6 Å². The number of hydrogen-bond acceptors (Lipinski definition) is 5. The van der Waals surface area contributed by atoms with Gasteiger partial charge in [0.1, 0.15) is 0 Å². The van der Waals surface area contributed by atoms with Gasteiger partial charge in [0.15, 0.2) is 0 Å². The molecule has 156 valence electrons. The summed E-state index contributed by atoms with van der Waals surface area (Å²) >= 11 is 0. The van der Waals surface area contributed by atoms with Crippen LogP contribution in [-0.4, -0.2) is 59.5 Å². The van der Waals surface area contributed by atoms with E-state index in [4.69, 9.17) is 4.74 Å². The van der Waals surface area contributed by atoms with Gasteiger partial charge in [-0.05, 0) is 68.6 Å². The van der Waals surface area contributed by atoms with Gasteiger partial charge >= 0.3 is 5.97 Å². The largest absolute Gasteiger partial charge is 0.469 e. The molecule has 1 spiro atoms. The van der Waals surface area contributed by atoms with E-state index in [9.17, 15) is 15.0 Å². The first-order valence-electron chi connectivity index (χ1n) is 11.6. The minimum Gasteiger partial charge on any atom is -0.469 e. The number of piperidine rings is 1. The summed E-state index contributed by atoms with van der Waals surface area (Å²) in [6.07, 6.45) is 7.03. The lowest BCUT2D eigenvalue weighted by Crippen LogP contribution is -2.74. The van der Waals surface area contributed by atoms with Crippen molar-refractivity contribution in [1.82, 2.24) is 4.90 Å². The molecule has 28 heavy (non-hydrogen) atoms. The molecular weight excluding hydrogens is 354 g/mol. The lowest BCUT2D eigenvalue weighted by atomic mass is 9.41. The third kappa shape index (κ3) is 1.65. The molecule has 2 aliphatic heterocycles. The third-order valence-electron chi connectivity index (χ3n) is 11.0. The molecule has 0 aromatic carbocycles. The highest BCUT2D eigenvalue weighted by Gasteiger charge is 2.83. The van der Waals surface area contributed by atoms with Crippen molar-refractivity contribution < 1.29 is 19.7 Å². The summed E-state index contributed by atoms with van der Waals surface area (Å²) in [7, 11) is 1.49. The van der Waals surface area contributed by atoms with E-state index in [1.165, 1.54) is 7.11 Å². The molecule has 0 aromatic rings. The summed E-state index contributed by atoms with van der Waals surface area (Å²) in [5, 5.41) is 23.7. The van der Waals surface area contributed by atoms with Crippen molar-refractivity contribution in [1.29, 1.82) is 0 Å². The Balaban J connectivity index is 1.63. The fourth-order valence-corrected chi connectivity index (χ4v) is 10.3. The van der Waals surface area contributed by atoms with Gasteiger partial charge < -0.3 is 14.9 Å². The highest BCUT2D eigenvalue weighted by molar-refractivity contribution is 5.74. The number of rotatable bonds is 2. The number of esters is 1. The molecule has 6 aliphatic rings. The Hall–Kier alpha value is -0.650. The number of nitrogens with zero attached hydrogens (tertiary/aromatic N) is 1. The van der Waals surface area contributed by atoms with Crippen LogP contribution in [0, 0.1) is 46.3 Å². The van der Waals surface area contributed by atoms with Crippen molar-refractivity contribution in [3.8, 4) is 0 Å². The molecule has 2 saturated heterocycles. The number of methoxy groups -OCH3 is 1. The van der Waals surface area contributed by atoms with Crippen molar-refractivity contribution in [2.75, 3.05) is 26.8 Å². The third-order valence-corrected chi connectivity index (χ3v) is 11.0. The molecule has 0 aromatic heterocycles. The normalized spacial score (nSPS) is 59.1. The van der Waals surface area contributed by atoms with Crippen molar-refractivity contribution in [2.24, 2.45) is 46.3 Å². The van der Waals surface area contributed by atoms with Crippen LogP contribution in [0.25, 0.3) is 0 Å². The van der Waals surface area contributed by atoms with Crippen LogP contribution in [0.3, 0.4) is 0 Å². The minimum absolute atomic E-state index is 0.00392. The van der Waals surface area contributed by atoms with Crippen LogP contribution in [0.15, 0.2) is 0 Å². The molecule has 4 bridgehead atoms. The van der Waals surface area contributed by atoms with Gasteiger partial charge in [0, 0.05) is 42.5 Å². The van der Waals surface area contributed by atoms with Gasteiger partial charge in [-0.2, -0.15) is 0 Å². The molecule has 5 nitrogen and oxygen atoms in total. The van der Waals surface area contributed by atoms with Crippen LogP contribution >= 0.6 is 0 Å². The second-order valence-electron chi connectivity index (χ2n) is 11.2. The maximum Gasteiger partial charge on any atom is 0.309 e. The predicted molar refractivity (Wildman–Crippen MR) is 103 cm³/mol. The quantitative estimate of drug-likeness (QED) is 0.708. The van der Waals surface area contributed by atoms with E-state index in [1.807, 2.05) is 0 Å². The monoisotopic (exact) mass is 389 g/mol. The molecule has 10 atom stereocenters. The Kier molecular flexibility index (Phi) is 3.58. The Labute approximate surface area is 167 Å². The zero-order valence-corrected chi connectivity index (χ0v) is 17.3. The van der Waals surface area contributed by atoms with Gasteiger partial charge in [-0.1, -0.05) is 6.92 Å². The number of carbonyl (C=O) groups is 1. The lowest BCUT2D eigenvalue weighted by molar-refractivity contribution is -0.262. The number of ether oxygens (including phenoxy) is 1. The number of hydrogen-bond donors (Lipinski definition) is 2. The van der Waals surface area contributed by atoms with Crippen LogP contribution in [0.2, 0.25) is 0 Å². The second-order valence-corrected chi connectivity index (χ2v) is 11.2. The Bertz CT molecular complexity index is 713. The van der Waals surface area contributed by atoms with Crippen LogP contribution in [-0.2, 0) is 9.53 Å². The van der Waals surface area contributed by atoms with Crippen molar-refractivity contribution >= 4 is 5.97 Å². The van der Waals surface area contributed by atoms with Crippen LogP contribution in [0.1, 0.15) is 51.9 Å². The van der Waals surface area contributed by atoms with E-state index >= 15 is 0 Å². The second kappa shape index (κ2) is 5.53. The number of carbonyl (C=O) groups excluding carboxylic acids is 1. The highest BCUT2D eigenvalue weighted by Crippen LogP contribution is 2.79. The first-order valence-corrected chi connectivity index (χ1v) is 11.6. The summed E-state index contributed by atoms with van der Waals surface area (Å²) in [6, 6.07) is 0.320. The first kappa shape index (κ1) is 18.1. The summed E-state index contributed by atoms with van der Waals surface area (Å²) in [5.74, 6) is 1.59. The Morgan fingerprint density at radius 2 is 1.89 bits per heavy atom. The number of aliphatic hydroxyl groups excluding tert-OH is 1. The van der Waals surface area contributed by atoms with E-state index in [0.29, 0.717) is 23.8 Å². The van der Waals surface area contributed by atoms with Gasteiger partial charge in [-0.25, -0.2) is 0 Å². The number of aliphatic hydroxyl groups is 2. The summed E-state index contributed by atoms with van der Waals surface area (Å²) < 4.78 is 5.25. The van der Waals surface area contributed by atoms with Crippen LogP contribution < -0.4 is 0 Å². The molecule has 4 saturated carbocycles. The molecule has 5 heteroatoms. The average molecular weight is 390 g/mol. The lowest BCUT2D eigenvalue weighted by Gasteiger charge is -2.69. The van der Waals surface area contributed by atoms with Crippen LogP contribution in [0.5, 0.6) is 0 Å². The molecular formula is C23H35NO4. The molecule has 2 N–H and O–H groups in total. The summed E-state index contributed by atoms with van der Waals surface area (Å²) in [5.41, 5.74) is -1.41. The van der Waals surface area contributed by atoms with Crippen molar-refractivity contribution in [3.63, 3.8) is 0 Å². The van der Waals surface area contributed by atoms with E-state index in [-0.39, 0.29) is 41.2 Å². The predicted octanol–water partition coefficient (Wildman–Crippen LogP) is 2.06. The Morgan fingerprint density at radius 3 is 2.64 bits per heavy atom. The zero-order chi connectivity index (χ0) is 19.5. The average Bonchev–Trinajstić information content (AvgIpc) is 3.27. The SMILES string of the molecule is COC(=O)C1CC23C4C5CCC2(CO)C(CCC2CCC1C23O)CN4CC5C. The van der Waals surface area contributed by atoms with Gasteiger partial charge in [0.2, 0.25) is 0 Å². The molecule has 0 radical (unpaired) electrons. The fraction of sp³-hybridized carbons (Fsp3) is 0.957. The minimum atomic E-state index is -0.824. The van der Waals surface area contributed by atoms with Gasteiger partial charge in [-0.3, -0.25) is 9.69 Å². The highest BCUT2D eigenvalue weighted by atomic mass is 16.5. The van der Waals surface area contributed by atoms with Crippen LogP contribution in [0.4, 0.5) is 0 Å². The van der Waals surface area contributed by atoms with Gasteiger partial charge in [0.25, 0.3) is 0 Å². The molecule has 2 heterocycles. The van der Waals surface area contributed by atoms with Gasteiger partial charge in [-0.15, -0.1) is 0 Å². The molecule has 4 aliphatic carbocycles. The fourth-order valence-electron chi connectivity index (χ4n) is 10.3. The maximum absolute atomic E-state index is 12.9. The maximum atomic E-state index is 12.9. The molecule has 6 rings (SSSR count). The smallest absolute Gasteiger partial charge is 0.309 e. The van der Waals surface area contributed by atoms with Crippen molar-refractivity contribution in [3.05, 3.63) is 0 Å². The molecule has 6 fully saturated rings. The molecule has 0 amide bonds. The molecule has 10 unspecified atom stereocenters. The zero-order valence-electron chi connectivity index (χ0n) is 17.3. The van der Waals surface area contributed by atoms with E-state index < -0.39 is 5.60 Å².